The summed E-state index contributed by atoms with van der Waals surface area (Å²) in [6.45, 7) is 2.26. The zero-order valence-electron chi connectivity index (χ0n) is 11.1. The number of carboxylic acid groups (broad SMARTS) is 1. The zero-order valence-corrected chi connectivity index (χ0v) is 12.0. The van der Waals surface area contributed by atoms with E-state index in [0.717, 1.165) is 12.2 Å². The van der Waals surface area contributed by atoms with Crippen LogP contribution < -0.4 is 5.32 Å². The Morgan fingerprint density at radius 2 is 2.17 bits per heavy atom. The number of nitrogens with zero attached hydrogens (tertiary/aromatic N) is 1. The molecule has 0 aromatic rings. The molecule has 0 aliphatic rings. The Morgan fingerprint density at radius 3 is 2.61 bits per heavy atom. The fraction of sp³-hybridized carbons (Fsp3) is 0.818. The van der Waals surface area contributed by atoms with Crippen molar-refractivity contribution in [2.45, 2.75) is 19.4 Å². The van der Waals surface area contributed by atoms with E-state index in [1.165, 1.54) is 12.0 Å². The lowest BCUT2D eigenvalue weighted by atomic mass is 10.2. The van der Waals surface area contributed by atoms with E-state index in [4.69, 9.17) is 9.84 Å². The van der Waals surface area contributed by atoms with E-state index in [1.807, 2.05) is 13.2 Å². The number of hydrogen-bond donors (Lipinski definition) is 2. The molecule has 1 atom stereocenters. The number of methoxy groups -OCH3 is 1. The molecule has 6 nitrogen and oxygen atoms in total. The second-order valence-corrected chi connectivity index (χ2v) is 4.73. The molecule has 0 aromatic heterocycles. The number of amides is 2. The van der Waals surface area contributed by atoms with Crippen molar-refractivity contribution in [3.8, 4) is 0 Å². The van der Waals surface area contributed by atoms with Crippen LogP contribution in [0.15, 0.2) is 0 Å². The van der Waals surface area contributed by atoms with Crippen LogP contribution in [0, 0.1) is 0 Å². The SMILES string of the molecule is CCC(CSC)NC(=O)N(CCOC)CC(=O)O. The highest BCUT2D eigenvalue weighted by molar-refractivity contribution is 7.98. The number of carbonyl (C=O) groups excluding carboxylic acids is 1. The summed E-state index contributed by atoms with van der Waals surface area (Å²) in [4.78, 5) is 23.9. The van der Waals surface area contributed by atoms with Gasteiger partial charge in [-0.15, -0.1) is 0 Å². The molecule has 0 aliphatic carbocycles. The highest BCUT2D eigenvalue weighted by atomic mass is 32.2. The first kappa shape index (κ1) is 17.1. The summed E-state index contributed by atoms with van der Waals surface area (Å²) in [5.74, 6) is -0.216. The molecule has 0 radical (unpaired) electrons. The van der Waals surface area contributed by atoms with Crippen LogP contribution in [-0.4, -0.2) is 66.9 Å². The molecule has 2 amide bonds. The Labute approximate surface area is 112 Å². The van der Waals surface area contributed by atoms with Crippen LogP contribution in [0.5, 0.6) is 0 Å². The van der Waals surface area contributed by atoms with Crippen LogP contribution in [0.2, 0.25) is 0 Å². The van der Waals surface area contributed by atoms with Crippen molar-refractivity contribution in [1.82, 2.24) is 10.2 Å². The van der Waals surface area contributed by atoms with Gasteiger partial charge in [-0.2, -0.15) is 11.8 Å². The first-order chi connectivity index (χ1) is 8.54. The van der Waals surface area contributed by atoms with Crippen LogP contribution in [0.25, 0.3) is 0 Å². The molecular formula is C11H22N2O4S. The third-order valence-corrected chi connectivity index (χ3v) is 3.10. The zero-order chi connectivity index (χ0) is 14.0. The molecule has 18 heavy (non-hydrogen) atoms. The van der Waals surface area contributed by atoms with E-state index in [9.17, 15) is 9.59 Å². The molecule has 0 heterocycles. The Balaban J connectivity index is 4.37. The second-order valence-electron chi connectivity index (χ2n) is 3.82. The van der Waals surface area contributed by atoms with Gasteiger partial charge in [-0.3, -0.25) is 4.79 Å². The average Bonchev–Trinajstić information content (AvgIpc) is 2.33. The molecular weight excluding hydrogens is 256 g/mol. The number of nitrogens with one attached hydrogen (secondary N) is 1. The Morgan fingerprint density at radius 1 is 1.50 bits per heavy atom. The summed E-state index contributed by atoms with van der Waals surface area (Å²) in [6, 6.07) is -0.290. The summed E-state index contributed by atoms with van der Waals surface area (Å²) in [5.41, 5.74) is 0. The molecule has 0 saturated carbocycles. The lowest BCUT2D eigenvalue weighted by molar-refractivity contribution is -0.137. The number of urea groups is 1. The van der Waals surface area contributed by atoms with E-state index in [-0.39, 0.29) is 25.2 Å². The maximum Gasteiger partial charge on any atom is 0.323 e. The topological polar surface area (TPSA) is 78.9 Å². The minimum atomic E-state index is -1.03. The van der Waals surface area contributed by atoms with Gasteiger partial charge < -0.3 is 20.1 Å². The van der Waals surface area contributed by atoms with E-state index in [2.05, 4.69) is 5.32 Å². The maximum atomic E-state index is 11.9. The van der Waals surface area contributed by atoms with Gasteiger partial charge in [0.15, 0.2) is 0 Å². The van der Waals surface area contributed by atoms with Crippen molar-refractivity contribution in [3.63, 3.8) is 0 Å². The normalized spacial score (nSPS) is 11.9. The van der Waals surface area contributed by atoms with E-state index >= 15 is 0 Å². The number of ether oxygens (including phenoxy) is 1. The minimum Gasteiger partial charge on any atom is -0.480 e. The van der Waals surface area contributed by atoms with E-state index in [0.29, 0.717) is 6.61 Å². The first-order valence-corrected chi connectivity index (χ1v) is 7.19. The average molecular weight is 278 g/mol. The molecule has 2 N–H and O–H groups in total. The molecule has 106 valence electrons. The van der Waals surface area contributed by atoms with Gasteiger partial charge >= 0.3 is 12.0 Å². The highest BCUT2D eigenvalue weighted by Gasteiger charge is 2.18. The van der Waals surface area contributed by atoms with Gasteiger partial charge in [0.2, 0.25) is 0 Å². The lowest BCUT2D eigenvalue weighted by Crippen LogP contribution is -2.48. The number of carbonyl (C=O) groups is 2. The predicted molar refractivity (Wildman–Crippen MR) is 72.1 cm³/mol. The standard InChI is InChI=1S/C11H22N2O4S/c1-4-9(8-18-3)12-11(16)13(5-6-17-2)7-10(14)15/h9H,4-8H2,1-3H3,(H,12,16)(H,14,15). The molecule has 0 fully saturated rings. The summed E-state index contributed by atoms with van der Waals surface area (Å²) >= 11 is 1.65. The Kier molecular flexibility index (Phi) is 9.49. The lowest BCUT2D eigenvalue weighted by Gasteiger charge is -2.24. The van der Waals surface area contributed by atoms with Gasteiger partial charge in [0.1, 0.15) is 6.54 Å². The van der Waals surface area contributed by atoms with Gasteiger partial charge in [0.25, 0.3) is 0 Å². The van der Waals surface area contributed by atoms with Gasteiger partial charge in [-0.25, -0.2) is 4.79 Å². The first-order valence-electron chi connectivity index (χ1n) is 5.80. The molecule has 0 aliphatic heterocycles. The summed E-state index contributed by atoms with van der Waals surface area (Å²) in [5, 5.41) is 11.6. The monoisotopic (exact) mass is 278 g/mol. The third kappa shape index (κ3) is 7.39. The summed E-state index contributed by atoms with van der Waals surface area (Å²) in [7, 11) is 1.51. The summed E-state index contributed by atoms with van der Waals surface area (Å²) in [6.07, 6.45) is 2.78. The molecule has 0 bridgehead atoms. The number of aliphatic carboxylic acids is 1. The van der Waals surface area contributed by atoms with Crippen LogP contribution in [-0.2, 0) is 9.53 Å². The van der Waals surface area contributed by atoms with Gasteiger partial charge in [-0.05, 0) is 12.7 Å². The van der Waals surface area contributed by atoms with Gasteiger partial charge in [0, 0.05) is 25.4 Å². The molecule has 1 unspecified atom stereocenters. The third-order valence-electron chi connectivity index (χ3n) is 2.37. The molecule has 0 saturated heterocycles. The molecule has 7 heteroatoms. The fourth-order valence-corrected chi connectivity index (χ4v) is 2.07. The number of carboxylic acids is 1. The van der Waals surface area contributed by atoms with Crippen LogP contribution in [0.4, 0.5) is 4.79 Å². The Hall–Kier alpha value is -0.950. The highest BCUT2D eigenvalue weighted by Crippen LogP contribution is 2.02. The largest absolute Gasteiger partial charge is 0.480 e. The van der Waals surface area contributed by atoms with Crippen LogP contribution in [0.3, 0.4) is 0 Å². The predicted octanol–water partition coefficient (Wildman–Crippen LogP) is 0.871. The second kappa shape index (κ2) is 10.0. The maximum absolute atomic E-state index is 11.9. The van der Waals surface area contributed by atoms with E-state index in [1.54, 1.807) is 11.8 Å². The van der Waals surface area contributed by atoms with Crippen molar-refractivity contribution >= 4 is 23.8 Å². The minimum absolute atomic E-state index is 0.0614. The van der Waals surface area contributed by atoms with Crippen molar-refractivity contribution in [2.24, 2.45) is 0 Å². The quantitative estimate of drug-likeness (QED) is 0.654. The smallest absolute Gasteiger partial charge is 0.323 e. The van der Waals surface area contributed by atoms with Gasteiger partial charge in [0.05, 0.1) is 6.61 Å². The Bertz CT molecular complexity index is 263. The van der Waals surface area contributed by atoms with Crippen LogP contribution in [0.1, 0.15) is 13.3 Å². The van der Waals surface area contributed by atoms with E-state index < -0.39 is 5.97 Å². The summed E-state index contributed by atoms with van der Waals surface area (Å²) < 4.78 is 4.86. The van der Waals surface area contributed by atoms with Crippen molar-refractivity contribution in [1.29, 1.82) is 0 Å². The molecule has 0 spiro atoms. The number of rotatable bonds is 9. The number of thioether (sulfide) groups is 1. The van der Waals surface area contributed by atoms with Crippen molar-refractivity contribution in [3.05, 3.63) is 0 Å². The van der Waals surface area contributed by atoms with Gasteiger partial charge in [-0.1, -0.05) is 6.92 Å². The van der Waals surface area contributed by atoms with Crippen molar-refractivity contribution < 1.29 is 19.4 Å². The van der Waals surface area contributed by atoms with Crippen molar-refractivity contribution in [2.75, 3.05) is 38.8 Å². The number of hydrogen-bond acceptors (Lipinski definition) is 4. The molecule has 0 aromatic carbocycles. The fourth-order valence-electron chi connectivity index (χ4n) is 1.35. The molecule has 0 rings (SSSR count). The van der Waals surface area contributed by atoms with Crippen LogP contribution >= 0.6 is 11.8 Å².